The first-order valence-electron chi connectivity index (χ1n) is 7.08. The molecule has 25 heavy (non-hydrogen) atoms. The van der Waals surface area contributed by atoms with Crippen molar-refractivity contribution in [3.05, 3.63) is 56.6 Å². The summed E-state index contributed by atoms with van der Waals surface area (Å²) < 4.78 is 10.7. The van der Waals surface area contributed by atoms with E-state index in [0.29, 0.717) is 5.69 Å². The summed E-state index contributed by atoms with van der Waals surface area (Å²) in [6.07, 6.45) is 0. The van der Waals surface area contributed by atoms with Gasteiger partial charge in [0.15, 0.2) is 11.5 Å². The Hall–Kier alpha value is -3.31. The van der Waals surface area contributed by atoms with Crippen LogP contribution in [0.2, 0.25) is 5.02 Å². The van der Waals surface area contributed by atoms with Gasteiger partial charge in [0.2, 0.25) is 0 Å². The molecule has 9 heteroatoms. The third-order valence-corrected chi connectivity index (χ3v) is 3.76. The van der Waals surface area contributed by atoms with Crippen LogP contribution in [0.15, 0.2) is 30.3 Å². The second-order valence-electron chi connectivity index (χ2n) is 5.03. The lowest BCUT2D eigenvalue weighted by atomic mass is 10.1. The van der Waals surface area contributed by atoms with E-state index in [1.807, 2.05) is 6.07 Å². The predicted molar refractivity (Wildman–Crippen MR) is 88.2 cm³/mol. The molecule has 0 bridgehead atoms. The van der Waals surface area contributed by atoms with Gasteiger partial charge in [-0.25, -0.2) is 0 Å². The number of carbonyl (C=O) groups is 1. The Morgan fingerprint density at radius 2 is 1.92 bits per heavy atom. The Morgan fingerprint density at radius 3 is 2.52 bits per heavy atom. The van der Waals surface area contributed by atoms with Crippen LogP contribution < -0.4 is 14.8 Å². The van der Waals surface area contributed by atoms with Crippen LogP contribution >= 0.6 is 11.6 Å². The number of nitro benzene ring substituents is 1. The Bertz CT molecular complexity index is 923. The van der Waals surface area contributed by atoms with E-state index in [1.165, 1.54) is 24.3 Å². The number of benzene rings is 2. The van der Waals surface area contributed by atoms with E-state index in [0.717, 1.165) is 6.07 Å². The Labute approximate surface area is 146 Å². The molecule has 0 fully saturated rings. The quantitative estimate of drug-likeness (QED) is 0.665. The highest BCUT2D eigenvalue weighted by atomic mass is 35.5. The van der Waals surface area contributed by atoms with Crippen LogP contribution in [-0.2, 0) is 0 Å². The van der Waals surface area contributed by atoms with Crippen molar-refractivity contribution in [2.45, 2.75) is 0 Å². The summed E-state index contributed by atoms with van der Waals surface area (Å²) in [6.45, 7) is 0.566. The summed E-state index contributed by atoms with van der Waals surface area (Å²) in [5.41, 5.74) is -0.0145. The Kier molecular flexibility index (Phi) is 4.41. The molecular formula is C16H10ClN3O5. The van der Waals surface area contributed by atoms with Crippen LogP contribution in [0, 0.1) is 21.4 Å². The molecule has 0 aromatic heterocycles. The second-order valence-corrected chi connectivity index (χ2v) is 5.44. The number of nitriles is 1. The summed E-state index contributed by atoms with van der Waals surface area (Å²) in [4.78, 5) is 23.1. The van der Waals surface area contributed by atoms with Gasteiger partial charge in [-0.3, -0.25) is 14.9 Å². The van der Waals surface area contributed by atoms with Crippen molar-refractivity contribution in [3.63, 3.8) is 0 Å². The van der Waals surface area contributed by atoms with Gasteiger partial charge in [-0.1, -0.05) is 11.6 Å². The number of fused-ring (bicyclic) bond motifs is 1. The SMILES string of the molecule is N#Cc1ccc(NC(=O)c2cc3c(cc2[N+](=O)[O-])OCCO3)cc1Cl. The molecule has 0 unspecified atom stereocenters. The zero-order chi connectivity index (χ0) is 18.0. The maximum absolute atomic E-state index is 12.5. The molecule has 1 heterocycles. The van der Waals surface area contributed by atoms with Gasteiger partial charge >= 0.3 is 0 Å². The first-order chi connectivity index (χ1) is 12.0. The number of nitrogens with one attached hydrogen (secondary N) is 1. The smallest absolute Gasteiger partial charge is 0.286 e. The summed E-state index contributed by atoms with van der Waals surface area (Å²) in [6, 6.07) is 8.64. The highest BCUT2D eigenvalue weighted by Crippen LogP contribution is 2.37. The van der Waals surface area contributed by atoms with E-state index >= 15 is 0 Å². The summed E-state index contributed by atoms with van der Waals surface area (Å²) in [5, 5.41) is 22.8. The molecule has 3 rings (SSSR count). The van der Waals surface area contributed by atoms with Crippen molar-refractivity contribution in [3.8, 4) is 17.6 Å². The number of hydrogen-bond acceptors (Lipinski definition) is 6. The molecule has 2 aromatic carbocycles. The lowest BCUT2D eigenvalue weighted by Gasteiger charge is -2.18. The topological polar surface area (TPSA) is 114 Å². The number of hydrogen-bond donors (Lipinski definition) is 1. The van der Waals surface area contributed by atoms with Crippen LogP contribution in [0.1, 0.15) is 15.9 Å². The molecule has 0 saturated heterocycles. The van der Waals surface area contributed by atoms with Gasteiger partial charge < -0.3 is 14.8 Å². The molecule has 0 spiro atoms. The maximum Gasteiger partial charge on any atom is 0.286 e. The minimum absolute atomic E-state index is 0.164. The van der Waals surface area contributed by atoms with Gasteiger partial charge in [-0.15, -0.1) is 0 Å². The van der Waals surface area contributed by atoms with E-state index < -0.39 is 16.5 Å². The number of carbonyl (C=O) groups excluding carboxylic acids is 1. The molecule has 8 nitrogen and oxygen atoms in total. The van der Waals surface area contributed by atoms with E-state index in [4.69, 9.17) is 26.3 Å². The number of halogens is 1. The van der Waals surface area contributed by atoms with Crippen molar-refractivity contribution in [1.29, 1.82) is 5.26 Å². The molecule has 1 N–H and O–H groups in total. The molecule has 0 radical (unpaired) electrons. The minimum atomic E-state index is -0.704. The fourth-order valence-electron chi connectivity index (χ4n) is 2.29. The van der Waals surface area contributed by atoms with Gasteiger partial charge in [0.1, 0.15) is 24.8 Å². The monoisotopic (exact) mass is 359 g/mol. The van der Waals surface area contributed by atoms with Crippen LogP contribution in [0.5, 0.6) is 11.5 Å². The lowest BCUT2D eigenvalue weighted by Crippen LogP contribution is -2.18. The van der Waals surface area contributed by atoms with Crippen molar-refractivity contribution < 1.29 is 19.2 Å². The number of rotatable bonds is 3. The number of nitro groups is 1. The largest absolute Gasteiger partial charge is 0.486 e. The molecule has 126 valence electrons. The third-order valence-electron chi connectivity index (χ3n) is 3.45. The molecule has 1 amide bonds. The summed E-state index contributed by atoms with van der Waals surface area (Å²) >= 11 is 5.92. The second kappa shape index (κ2) is 6.67. The van der Waals surface area contributed by atoms with Gasteiger partial charge in [-0.2, -0.15) is 5.26 Å². The van der Waals surface area contributed by atoms with Crippen molar-refractivity contribution in [2.75, 3.05) is 18.5 Å². The molecule has 0 atom stereocenters. The fourth-order valence-corrected chi connectivity index (χ4v) is 2.52. The minimum Gasteiger partial charge on any atom is -0.486 e. The number of amides is 1. The molecule has 0 aliphatic carbocycles. The maximum atomic E-state index is 12.5. The van der Waals surface area contributed by atoms with E-state index in [-0.39, 0.29) is 40.9 Å². The standard InChI is InChI=1S/C16H10ClN3O5/c17-12-5-10(2-1-9(12)8-18)19-16(21)11-6-14-15(25-4-3-24-14)7-13(11)20(22)23/h1-2,5-7H,3-4H2,(H,19,21). The van der Waals surface area contributed by atoms with E-state index in [9.17, 15) is 14.9 Å². The molecule has 1 aliphatic heterocycles. The molecule has 2 aromatic rings. The van der Waals surface area contributed by atoms with E-state index in [1.54, 1.807) is 0 Å². The summed E-state index contributed by atoms with van der Waals surface area (Å²) in [5.74, 6) is -0.222. The number of ether oxygens (including phenoxy) is 2. The predicted octanol–water partition coefficient (Wildman–Crippen LogP) is 3.14. The van der Waals surface area contributed by atoms with Gasteiger partial charge in [0.25, 0.3) is 11.6 Å². The zero-order valence-corrected chi connectivity index (χ0v) is 13.4. The van der Waals surface area contributed by atoms with Crippen molar-refractivity contribution in [1.82, 2.24) is 0 Å². The third kappa shape index (κ3) is 3.32. The molecule has 0 saturated carbocycles. The fraction of sp³-hybridized carbons (Fsp3) is 0.125. The highest BCUT2D eigenvalue weighted by molar-refractivity contribution is 6.32. The Balaban J connectivity index is 1.95. The lowest BCUT2D eigenvalue weighted by molar-refractivity contribution is -0.385. The van der Waals surface area contributed by atoms with Crippen LogP contribution in [0.4, 0.5) is 11.4 Å². The van der Waals surface area contributed by atoms with Gasteiger partial charge in [-0.05, 0) is 18.2 Å². The zero-order valence-electron chi connectivity index (χ0n) is 12.6. The van der Waals surface area contributed by atoms with Gasteiger partial charge in [0.05, 0.1) is 21.6 Å². The normalized spacial score (nSPS) is 12.2. The average Bonchev–Trinajstić information content (AvgIpc) is 2.60. The first-order valence-corrected chi connectivity index (χ1v) is 7.46. The van der Waals surface area contributed by atoms with Crippen LogP contribution in [-0.4, -0.2) is 24.0 Å². The first kappa shape index (κ1) is 16.5. The van der Waals surface area contributed by atoms with Crippen LogP contribution in [0.25, 0.3) is 0 Å². The summed E-state index contributed by atoms with van der Waals surface area (Å²) in [7, 11) is 0. The average molecular weight is 360 g/mol. The van der Waals surface area contributed by atoms with E-state index in [2.05, 4.69) is 5.32 Å². The van der Waals surface area contributed by atoms with Crippen molar-refractivity contribution in [2.24, 2.45) is 0 Å². The molecule has 1 aliphatic rings. The van der Waals surface area contributed by atoms with Crippen molar-refractivity contribution >= 4 is 28.9 Å². The van der Waals surface area contributed by atoms with Gasteiger partial charge in [0, 0.05) is 11.8 Å². The number of anilines is 1. The highest BCUT2D eigenvalue weighted by Gasteiger charge is 2.26. The van der Waals surface area contributed by atoms with Crippen LogP contribution in [0.3, 0.4) is 0 Å². The molecular weight excluding hydrogens is 350 g/mol. The number of nitrogens with zero attached hydrogens (tertiary/aromatic N) is 2. The Morgan fingerprint density at radius 1 is 1.24 bits per heavy atom.